The molecule has 7 nitrogen and oxygen atoms in total. The van der Waals surface area contributed by atoms with Crippen molar-refractivity contribution in [2.75, 3.05) is 33.2 Å². The minimum absolute atomic E-state index is 0.00302. The van der Waals surface area contributed by atoms with Crippen molar-refractivity contribution in [2.45, 2.75) is 24.8 Å². The number of likely N-dealkylation sites (tertiary alicyclic amines) is 1. The number of likely N-dealkylation sites (N-methyl/N-ethyl adjacent to an activating group) is 1. The second-order valence-electron chi connectivity index (χ2n) is 9.65. The molecule has 0 bridgehead atoms. The Hall–Kier alpha value is -3.84. The maximum absolute atomic E-state index is 13.5. The second kappa shape index (κ2) is 10.0. The lowest BCUT2D eigenvalue weighted by Gasteiger charge is -2.36. The largest absolute Gasteiger partial charge is 0.340 e. The fraction of sp³-hybridized carbons (Fsp3) is 0.310. The van der Waals surface area contributed by atoms with Crippen LogP contribution in [-0.2, 0) is 26.3 Å². The summed E-state index contributed by atoms with van der Waals surface area (Å²) in [6, 6.07) is 21.7. The topological polar surface area (TPSA) is 73.8 Å². The van der Waals surface area contributed by atoms with Crippen LogP contribution in [0.2, 0.25) is 0 Å². The van der Waals surface area contributed by atoms with Crippen molar-refractivity contribution in [1.29, 1.82) is 0 Å². The van der Waals surface area contributed by atoms with Crippen molar-refractivity contribution < 1.29 is 14.4 Å². The normalized spacial score (nSPS) is 20.7. The molecule has 1 aromatic heterocycles. The number of benzene rings is 2. The quantitative estimate of drug-likeness (QED) is 0.505. The van der Waals surface area contributed by atoms with Gasteiger partial charge in [-0.25, -0.2) is 0 Å². The highest BCUT2D eigenvalue weighted by Gasteiger charge is 2.53. The van der Waals surface area contributed by atoms with E-state index in [2.05, 4.69) is 9.88 Å². The molecule has 0 aliphatic carbocycles. The zero-order valence-corrected chi connectivity index (χ0v) is 20.5. The van der Waals surface area contributed by atoms with Crippen molar-refractivity contribution in [2.24, 2.45) is 0 Å². The number of amides is 3. The average molecular weight is 483 g/mol. The Morgan fingerprint density at radius 2 is 1.50 bits per heavy atom. The van der Waals surface area contributed by atoms with E-state index in [-0.39, 0.29) is 30.6 Å². The van der Waals surface area contributed by atoms with Crippen LogP contribution in [0, 0.1) is 0 Å². The molecule has 2 aliphatic rings. The SMILES string of the molecule is CN1C(=O)C[C@](CC(=O)N2CCN(Cc3ccncc3)CC2)(c2ccc(-c3ccccc3)cc2)C1=O. The van der Waals surface area contributed by atoms with Crippen molar-refractivity contribution in [3.63, 3.8) is 0 Å². The Morgan fingerprint density at radius 3 is 2.11 bits per heavy atom. The number of nitrogens with zero attached hydrogens (tertiary/aromatic N) is 4. The van der Waals surface area contributed by atoms with Crippen LogP contribution in [0.1, 0.15) is 24.0 Å². The molecule has 0 radical (unpaired) electrons. The number of piperazine rings is 1. The van der Waals surface area contributed by atoms with Crippen LogP contribution in [0.4, 0.5) is 0 Å². The molecule has 2 fully saturated rings. The van der Waals surface area contributed by atoms with E-state index in [0.717, 1.165) is 36.3 Å². The Balaban J connectivity index is 1.32. The molecule has 3 heterocycles. The minimum atomic E-state index is -1.16. The third-order valence-electron chi connectivity index (χ3n) is 7.42. The first-order valence-electron chi connectivity index (χ1n) is 12.3. The Morgan fingerprint density at radius 1 is 0.861 bits per heavy atom. The number of carbonyl (C=O) groups is 3. The predicted molar refractivity (Wildman–Crippen MR) is 137 cm³/mol. The molecular weight excluding hydrogens is 452 g/mol. The van der Waals surface area contributed by atoms with Gasteiger partial charge in [-0.15, -0.1) is 0 Å². The van der Waals surface area contributed by atoms with Crippen molar-refractivity contribution >= 4 is 17.7 Å². The molecule has 3 amide bonds. The smallest absolute Gasteiger partial charge is 0.240 e. The fourth-order valence-corrected chi connectivity index (χ4v) is 5.24. The van der Waals surface area contributed by atoms with Gasteiger partial charge in [-0.1, -0.05) is 54.6 Å². The lowest BCUT2D eigenvalue weighted by Crippen LogP contribution is -2.50. The number of hydrogen-bond donors (Lipinski definition) is 0. The van der Waals surface area contributed by atoms with Gasteiger partial charge < -0.3 is 4.90 Å². The molecule has 36 heavy (non-hydrogen) atoms. The number of hydrogen-bond acceptors (Lipinski definition) is 5. The van der Waals surface area contributed by atoms with Gasteiger partial charge in [-0.2, -0.15) is 0 Å². The highest BCUT2D eigenvalue weighted by molar-refractivity contribution is 6.10. The molecule has 2 aliphatic heterocycles. The predicted octanol–water partition coefficient (Wildman–Crippen LogP) is 3.11. The molecule has 0 spiro atoms. The van der Waals surface area contributed by atoms with Crippen LogP contribution >= 0.6 is 0 Å². The summed E-state index contributed by atoms with van der Waals surface area (Å²) in [5, 5.41) is 0. The van der Waals surface area contributed by atoms with E-state index in [9.17, 15) is 14.4 Å². The first-order chi connectivity index (χ1) is 17.5. The number of imide groups is 1. The monoisotopic (exact) mass is 482 g/mol. The van der Waals surface area contributed by atoms with Crippen molar-refractivity contribution in [1.82, 2.24) is 19.7 Å². The van der Waals surface area contributed by atoms with E-state index in [4.69, 9.17) is 0 Å². The molecule has 3 aromatic rings. The molecule has 5 rings (SSSR count). The molecule has 184 valence electrons. The highest BCUT2D eigenvalue weighted by Crippen LogP contribution is 2.40. The molecular formula is C29H30N4O3. The fourth-order valence-electron chi connectivity index (χ4n) is 5.24. The summed E-state index contributed by atoms with van der Waals surface area (Å²) in [5.41, 5.74) is 2.85. The maximum atomic E-state index is 13.5. The van der Waals surface area contributed by atoms with Crippen molar-refractivity contribution in [3.05, 3.63) is 90.3 Å². The molecule has 7 heteroatoms. The van der Waals surface area contributed by atoms with E-state index >= 15 is 0 Å². The first kappa shape index (κ1) is 23.9. The van der Waals surface area contributed by atoms with Crippen LogP contribution in [0.3, 0.4) is 0 Å². The summed E-state index contributed by atoms with van der Waals surface area (Å²) in [5.74, 6) is -0.631. The zero-order valence-electron chi connectivity index (χ0n) is 20.5. The van der Waals surface area contributed by atoms with Gasteiger partial charge in [0.1, 0.15) is 0 Å². The Bertz CT molecular complexity index is 1240. The molecule has 2 aromatic carbocycles. The van der Waals surface area contributed by atoms with E-state index in [1.54, 1.807) is 12.4 Å². The number of aromatic nitrogens is 1. The highest BCUT2D eigenvalue weighted by atomic mass is 16.2. The summed E-state index contributed by atoms with van der Waals surface area (Å²) >= 11 is 0. The zero-order chi connectivity index (χ0) is 25.1. The standard InChI is InChI=1S/C29H30N4O3/c1-31-26(34)19-29(28(31)36,25-9-7-24(8-10-25)23-5-3-2-4-6-23)20-27(35)33-17-15-32(16-18-33)21-22-11-13-30-14-12-22/h2-14H,15-21H2,1H3/t29-/m0/s1. The van der Waals surface area contributed by atoms with Gasteiger partial charge in [0.05, 0.1) is 5.41 Å². The summed E-state index contributed by atoms with van der Waals surface area (Å²) < 4.78 is 0. The molecule has 0 unspecified atom stereocenters. The lowest BCUT2D eigenvalue weighted by atomic mass is 9.75. The molecule has 1 atom stereocenters. The van der Waals surface area contributed by atoms with Gasteiger partial charge in [0.15, 0.2) is 0 Å². The molecule has 0 N–H and O–H groups in total. The van der Waals surface area contributed by atoms with E-state index in [1.807, 2.05) is 71.6 Å². The van der Waals surface area contributed by atoms with Crippen LogP contribution < -0.4 is 0 Å². The number of carbonyl (C=O) groups excluding carboxylic acids is 3. The van der Waals surface area contributed by atoms with E-state index in [1.165, 1.54) is 17.5 Å². The van der Waals surface area contributed by atoms with Gasteiger partial charge in [-0.05, 0) is 34.4 Å². The van der Waals surface area contributed by atoms with Gasteiger partial charge in [0.2, 0.25) is 17.7 Å². The maximum Gasteiger partial charge on any atom is 0.240 e. The summed E-state index contributed by atoms with van der Waals surface area (Å²) in [7, 11) is 1.51. The van der Waals surface area contributed by atoms with Gasteiger partial charge in [0, 0.05) is 65.0 Å². The lowest BCUT2D eigenvalue weighted by molar-refractivity contribution is -0.142. The Kier molecular flexibility index (Phi) is 6.65. The first-order valence-corrected chi connectivity index (χ1v) is 12.3. The summed E-state index contributed by atoms with van der Waals surface area (Å²) in [6.07, 6.45) is 3.59. The second-order valence-corrected chi connectivity index (χ2v) is 9.65. The van der Waals surface area contributed by atoms with Crippen LogP contribution in [0.5, 0.6) is 0 Å². The van der Waals surface area contributed by atoms with E-state index in [0.29, 0.717) is 13.1 Å². The van der Waals surface area contributed by atoms with Gasteiger partial charge in [0.25, 0.3) is 0 Å². The molecule has 0 saturated carbocycles. The summed E-state index contributed by atoms with van der Waals surface area (Å²) in [4.78, 5) is 48.8. The van der Waals surface area contributed by atoms with Crippen LogP contribution in [0.25, 0.3) is 11.1 Å². The van der Waals surface area contributed by atoms with Gasteiger partial charge in [-0.3, -0.25) is 29.2 Å². The van der Waals surface area contributed by atoms with Gasteiger partial charge >= 0.3 is 0 Å². The van der Waals surface area contributed by atoms with Crippen LogP contribution in [0.15, 0.2) is 79.1 Å². The minimum Gasteiger partial charge on any atom is -0.340 e. The van der Waals surface area contributed by atoms with Crippen molar-refractivity contribution in [3.8, 4) is 11.1 Å². The molecule has 2 saturated heterocycles. The average Bonchev–Trinajstić information content (AvgIpc) is 3.14. The summed E-state index contributed by atoms with van der Waals surface area (Å²) in [6.45, 7) is 3.55. The van der Waals surface area contributed by atoms with E-state index < -0.39 is 5.41 Å². The number of rotatable bonds is 6. The third-order valence-corrected chi connectivity index (χ3v) is 7.42. The Labute approximate surface area is 211 Å². The van der Waals surface area contributed by atoms with Crippen LogP contribution in [-0.4, -0.2) is 70.6 Å². The third kappa shape index (κ3) is 4.66. The number of pyridine rings is 1.